The van der Waals surface area contributed by atoms with Gasteiger partial charge in [-0.25, -0.2) is 8.42 Å². The SMILES string of the molecule is COc1ccc(S(=O)(=O)N(CC(=O)N[C@H](C)c2ccc(C)cc2C)c2cc(Cl)ccc2OC)cc1OC. The lowest BCUT2D eigenvalue weighted by Gasteiger charge is -2.27. The van der Waals surface area contributed by atoms with Crippen LogP contribution < -0.4 is 23.8 Å². The predicted octanol–water partition coefficient (Wildman–Crippen LogP) is 5.06. The van der Waals surface area contributed by atoms with Crippen molar-refractivity contribution in [3.63, 3.8) is 0 Å². The second kappa shape index (κ2) is 11.7. The summed E-state index contributed by atoms with van der Waals surface area (Å²) in [7, 11) is 0.00636. The zero-order valence-electron chi connectivity index (χ0n) is 21.7. The molecule has 3 aromatic carbocycles. The lowest BCUT2D eigenvalue weighted by molar-refractivity contribution is -0.120. The minimum atomic E-state index is -4.27. The molecule has 0 saturated heterocycles. The van der Waals surface area contributed by atoms with Crippen molar-refractivity contribution in [2.45, 2.75) is 31.7 Å². The monoisotopic (exact) mass is 546 g/mol. The van der Waals surface area contributed by atoms with Crippen LogP contribution in [0.15, 0.2) is 59.5 Å². The van der Waals surface area contributed by atoms with Crippen LogP contribution in [0.2, 0.25) is 5.02 Å². The fourth-order valence-corrected chi connectivity index (χ4v) is 5.67. The van der Waals surface area contributed by atoms with E-state index >= 15 is 0 Å². The molecule has 3 aromatic rings. The first kappa shape index (κ1) is 28.1. The summed E-state index contributed by atoms with van der Waals surface area (Å²) in [6, 6.07) is 14.4. The molecule has 1 atom stereocenters. The number of nitrogens with one attached hydrogen (secondary N) is 1. The molecule has 0 saturated carbocycles. The Balaban J connectivity index is 2.03. The molecule has 0 fully saturated rings. The fraction of sp³-hybridized carbons (Fsp3) is 0.296. The molecule has 0 unspecified atom stereocenters. The highest BCUT2D eigenvalue weighted by molar-refractivity contribution is 7.92. The molecule has 0 bridgehead atoms. The second-order valence-corrected chi connectivity index (χ2v) is 10.8. The first-order valence-electron chi connectivity index (χ1n) is 11.5. The van der Waals surface area contributed by atoms with Crippen LogP contribution in [0.3, 0.4) is 0 Å². The number of rotatable bonds is 10. The molecule has 8 nitrogen and oxygen atoms in total. The third kappa shape index (κ3) is 6.29. The molecule has 198 valence electrons. The van der Waals surface area contributed by atoms with Crippen LogP contribution in [-0.2, 0) is 14.8 Å². The van der Waals surface area contributed by atoms with Crippen molar-refractivity contribution in [3.05, 3.63) is 76.3 Å². The summed E-state index contributed by atoms with van der Waals surface area (Å²) in [4.78, 5) is 13.1. The first-order chi connectivity index (χ1) is 17.5. The summed E-state index contributed by atoms with van der Waals surface area (Å²) >= 11 is 6.22. The van der Waals surface area contributed by atoms with Gasteiger partial charge in [0.1, 0.15) is 12.3 Å². The Morgan fingerprint density at radius 3 is 2.19 bits per heavy atom. The number of hydrogen-bond donors (Lipinski definition) is 1. The van der Waals surface area contributed by atoms with Crippen molar-refractivity contribution in [2.75, 3.05) is 32.2 Å². The van der Waals surface area contributed by atoms with E-state index in [1.165, 1.54) is 45.6 Å². The van der Waals surface area contributed by atoms with Crippen LogP contribution in [0.4, 0.5) is 5.69 Å². The van der Waals surface area contributed by atoms with Gasteiger partial charge in [0.2, 0.25) is 5.91 Å². The van der Waals surface area contributed by atoms with E-state index in [9.17, 15) is 13.2 Å². The number of ether oxygens (including phenoxy) is 3. The van der Waals surface area contributed by atoms with E-state index in [2.05, 4.69) is 5.32 Å². The van der Waals surface area contributed by atoms with E-state index in [4.69, 9.17) is 25.8 Å². The van der Waals surface area contributed by atoms with Gasteiger partial charge in [-0.2, -0.15) is 0 Å². The average Bonchev–Trinajstić information content (AvgIpc) is 2.86. The van der Waals surface area contributed by atoms with Crippen LogP contribution in [-0.4, -0.2) is 42.2 Å². The van der Waals surface area contributed by atoms with Crippen molar-refractivity contribution in [2.24, 2.45) is 0 Å². The number of halogens is 1. The Morgan fingerprint density at radius 1 is 0.919 bits per heavy atom. The summed E-state index contributed by atoms with van der Waals surface area (Å²) in [6.45, 7) is 5.30. The molecule has 1 N–H and O–H groups in total. The van der Waals surface area contributed by atoms with Crippen LogP contribution in [0, 0.1) is 13.8 Å². The normalized spacial score (nSPS) is 12.0. The molecule has 0 heterocycles. The Labute approximate surface area is 223 Å². The molecule has 0 aliphatic heterocycles. The molecular formula is C27H31ClN2O6S. The highest BCUT2D eigenvalue weighted by atomic mass is 35.5. The second-order valence-electron chi connectivity index (χ2n) is 8.49. The highest BCUT2D eigenvalue weighted by Crippen LogP contribution is 2.37. The molecule has 3 rings (SSSR count). The van der Waals surface area contributed by atoms with Gasteiger partial charge in [-0.3, -0.25) is 9.10 Å². The third-order valence-corrected chi connectivity index (χ3v) is 7.90. The molecule has 0 radical (unpaired) electrons. The fourth-order valence-electron chi connectivity index (χ4n) is 4.07. The van der Waals surface area contributed by atoms with Crippen molar-refractivity contribution in [1.29, 1.82) is 0 Å². The van der Waals surface area contributed by atoms with Gasteiger partial charge >= 0.3 is 0 Å². The van der Waals surface area contributed by atoms with Crippen molar-refractivity contribution >= 4 is 33.2 Å². The molecule has 10 heteroatoms. The Morgan fingerprint density at radius 2 is 1.57 bits per heavy atom. The molecule has 0 aromatic heterocycles. The lowest BCUT2D eigenvalue weighted by Crippen LogP contribution is -2.41. The number of nitrogens with zero attached hydrogens (tertiary/aromatic N) is 1. The summed E-state index contributed by atoms with van der Waals surface area (Å²) in [5.41, 5.74) is 3.20. The topological polar surface area (TPSA) is 94.2 Å². The van der Waals surface area contributed by atoms with Crippen LogP contribution in [0.1, 0.15) is 29.7 Å². The van der Waals surface area contributed by atoms with Crippen molar-refractivity contribution < 1.29 is 27.4 Å². The van der Waals surface area contributed by atoms with Crippen molar-refractivity contribution in [3.8, 4) is 17.2 Å². The van der Waals surface area contributed by atoms with Crippen LogP contribution in [0.25, 0.3) is 0 Å². The number of aryl methyl sites for hydroxylation is 2. The van der Waals surface area contributed by atoms with E-state index in [0.717, 1.165) is 21.0 Å². The van der Waals surface area contributed by atoms with E-state index in [1.807, 2.05) is 39.0 Å². The van der Waals surface area contributed by atoms with Gasteiger partial charge in [-0.15, -0.1) is 0 Å². The maximum Gasteiger partial charge on any atom is 0.265 e. The van der Waals surface area contributed by atoms with Gasteiger partial charge in [0.15, 0.2) is 11.5 Å². The quantitative estimate of drug-likeness (QED) is 0.382. The summed E-state index contributed by atoms with van der Waals surface area (Å²) in [6.07, 6.45) is 0. The summed E-state index contributed by atoms with van der Waals surface area (Å²) in [5, 5.41) is 3.19. The van der Waals surface area contributed by atoms with E-state index in [1.54, 1.807) is 12.1 Å². The Hall–Kier alpha value is -3.43. The molecular weight excluding hydrogens is 516 g/mol. The van der Waals surface area contributed by atoms with Crippen LogP contribution in [0.5, 0.6) is 17.2 Å². The predicted molar refractivity (Wildman–Crippen MR) is 145 cm³/mol. The van der Waals surface area contributed by atoms with Gasteiger partial charge in [-0.1, -0.05) is 35.4 Å². The smallest absolute Gasteiger partial charge is 0.265 e. The van der Waals surface area contributed by atoms with Gasteiger partial charge in [-0.05, 0) is 62.2 Å². The number of anilines is 1. The van der Waals surface area contributed by atoms with E-state index < -0.39 is 22.5 Å². The maximum absolute atomic E-state index is 13.9. The van der Waals surface area contributed by atoms with E-state index in [0.29, 0.717) is 5.75 Å². The third-order valence-electron chi connectivity index (χ3n) is 5.91. The van der Waals surface area contributed by atoms with Gasteiger partial charge < -0.3 is 19.5 Å². The molecule has 1 amide bonds. The minimum absolute atomic E-state index is 0.0950. The number of hydrogen-bond acceptors (Lipinski definition) is 6. The number of carbonyl (C=O) groups is 1. The summed E-state index contributed by atoms with van der Waals surface area (Å²) < 4.78 is 44.7. The van der Waals surface area contributed by atoms with Crippen LogP contribution >= 0.6 is 11.6 Å². The Bertz CT molecular complexity index is 1390. The Kier molecular flexibility index (Phi) is 8.94. The van der Waals surface area contributed by atoms with Gasteiger partial charge in [0, 0.05) is 11.1 Å². The van der Waals surface area contributed by atoms with Gasteiger partial charge in [0.25, 0.3) is 10.0 Å². The molecule has 0 spiro atoms. The summed E-state index contributed by atoms with van der Waals surface area (Å²) in [5.74, 6) is 0.338. The number of amides is 1. The number of carbonyl (C=O) groups excluding carboxylic acids is 1. The van der Waals surface area contributed by atoms with Crippen molar-refractivity contribution in [1.82, 2.24) is 5.32 Å². The zero-order valence-corrected chi connectivity index (χ0v) is 23.2. The largest absolute Gasteiger partial charge is 0.495 e. The molecule has 37 heavy (non-hydrogen) atoms. The molecule has 0 aliphatic carbocycles. The maximum atomic E-state index is 13.9. The zero-order chi connectivity index (χ0) is 27.3. The van der Waals surface area contributed by atoms with E-state index in [-0.39, 0.29) is 33.1 Å². The van der Waals surface area contributed by atoms with Gasteiger partial charge in [0.05, 0.1) is 38.0 Å². The number of methoxy groups -OCH3 is 3. The first-order valence-corrected chi connectivity index (χ1v) is 13.3. The standard InChI is InChI=1S/C27H31ClN2O6S/c1-17-7-10-22(18(2)13-17)19(3)29-27(31)16-30(23-14-20(28)8-11-24(23)34-4)37(32,33)21-9-12-25(35-5)26(15-21)36-6/h7-15,19H,16H2,1-6H3,(H,29,31)/t19-/m1/s1. The number of benzene rings is 3. The highest BCUT2D eigenvalue weighted by Gasteiger charge is 2.31. The lowest BCUT2D eigenvalue weighted by atomic mass is 10.0. The minimum Gasteiger partial charge on any atom is -0.495 e. The number of sulfonamides is 1. The molecule has 0 aliphatic rings. The average molecular weight is 547 g/mol.